The molecule has 158 valence electrons. The predicted molar refractivity (Wildman–Crippen MR) is 107 cm³/mol. The predicted octanol–water partition coefficient (Wildman–Crippen LogP) is 1.14. The van der Waals surface area contributed by atoms with E-state index in [1.807, 2.05) is 24.7 Å². The zero-order valence-corrected chi connectivity index (χ0v) is 17.4. The van der Waals surface area contributed by atoms with E-state index < -0.39 is 0 Å². The van der Waals surface area contributed by atoms with Crippen LogP contribution in [0.15, 0.2) is 23.0 Å². The number of rotatable bonds is 6. The number of nitrogens with one attached hydrogen (secondary N) is 2. The zero-order chi connectivity index (χ0) is 20.8. The molecule has 1 aliphatic heterocycles. The quantitative estimate of drug-likeness (QED) is 0.751. The Hall–Kier alpha value is -2.68. The number of nitrogens with zero attached hydrogens (tertiary/aromatic N) is 4. The molecule has 3 rings (SSSR count). The van der Waals surface area contributed by atoms with Gasteiger partial charge < -0.3 is 24.6 Å². The number of carbonyl (C=O) groups is 2. The number of carbonyl (C=O) groups excluding carboxylic acids is 2. The molecule has 0 aliphatic carbocycles. The van der Waals surface area contributed by atoms with Crippen LogP contribution in [0.3, 0.4) is 0 Å². The fourth-order valence-electron chi connectivity index (χ4n) is 3.62. The van der Waals surface area contributed by atoms with E-state index in [1.165, 1.54) is 0 Å². The molecular formula is C20H30N6O3. The number of likely N-dealkylation sites (N-methyl/N-ethyl adjacent to an activating group) is 1. The highest BCUT2D eigenvalue weighted by Crippen LogP contribution is 2.19. The number of amides is 2. The Morgan fingerprint density at radius 3 is 2.83 bits per heavy atom. The average Bonchev–Trinajstić information content (AvgIpc) is 3.31. The summed E-state index contributed by atoms with van der Waals surface area (Å²) in [7, 11) is 3.77. The lowest BCUT2D eigenvalue weighted by molar-refractivity contribution is -0.135. The van der Waals surface area contributed by atoms with Gasteiger partial charge in [-0.2, -0.15) is 0 Å². The molecule has 1 aliphatic rings. The van der Waals surface area contributed by atoms with Gasteiger partial charge in [-0.3, -0.25) is 9.59 Å². The molecule has 2 N–H and O–H groups in total. The van der Waals surface area contributed by atoms with E-state index in [-0.39, 0.29) is 30.2 Å². The molecule has 2 unspecified atom stereocenters. The summed E-state index contributed by atoms with van der Waals surface area (Å²) >= 11 is 0. The summed E-state index contributed by atoms with van der Waals surface area (Å²) in [4.78, 5) is 31.3. The lowest BCUT2D eigenvalue weighted by Crippen LogP contribution is -2.42. The Labute approximate surface area is 170 Å². The molecule has 9 heteroatoms. The van der Waals surface area contributed by atoms with Crippen molar-refractivity contribution in [1.82, 2.24) is 30.2 Å². The van der Waals surface area contributed by atoms with Crippen molar-refractivity contribution in [3.63, 3.8) is 0 Å². The first kappa shape index (κ1) is 21.0. The lowest BCUT2D eigenvalue weighted by atomic mass is 9.96. The van der Waals surface area contributed by atoms with Crippen molar-refractivity contribution in [2.24, 2.45) is 13.0 Å². The van der Waals surface area contributed by atoms with E-state index in [1.54, 1.807) is 24.2 Å². The van der Waals surface area contributed by atoms with Gasteiger partial charge in [-0.05, 0) is 19.8 Å². The van der Waals surface area contributed by atoms with Gasteiger partial charge in [0.2, 0.25) is 11.8 Å². The van der Waals surface area contributed by atoms with Crippen LogP contribution in [0.2, 0.25) is 0 Å². The largest absolute Gasteiger partial charge is 0.361 e. The fourth-order valence-corrected chi connectivity index (χ4v) is 3.62. The van der Waals surface area contributed by atoms with Crippen molar-refractivity contribution < 1.29 is 14.1 Å². The summed E-state index contributed by atoms with van der Waals surface area (Å²) in [5.74, 6) is 1.22. The van der Waals surface area contributed by atoms with E-state index in [0.717, 1.165) is 18.7 Å². The van der Waals surface area contributed by atoms with Gasteiger partial charge in [0.25, 0.3) is 0 Å². The van der Waals surface area contributed by atoms with Crippen molar-refractivity contribution in [3.05, 3.63) is 35.7 Å². The SMILES string of the molecule is Cc1cc(CNC(=O)C2CCCC(NCc3nccn3C)CN(C)C(=O)C2)no1. The minimum absolute atomic E-state index is 0.00637. The first-order valence-corrected chi connectivity index (χ1v) is 10.1. The van der Waals surface area contributed by atoms with Gasteiger partial charge in [-0.1, -0.05) is 11.6 Å². The Balaban J connectivity index is 1.54. The topological polar surface area (TPSA) is 105 Å². The van der Waals surface area contributed by atoms with Gasteiger partial charge in [0.05, 0.1) is 13.1 Å². The molecule has 2 aromatic heterocycles. The van der Waals surface area contributed by atoms with Crippen molar-refractivity contribution in [2.75, 3.05) is 13.6 Å². The lowest BCUT2D eigenvalue weighted by Gasteiger charge is -2.24. The summed E-state index contributed by atoms with van der Waals surface area (Å²) in [5, 5.41) is 10.3. The second kappa shape index (κ2) is 9.69. The van der Waals surface area contributed by atoms with Gasteiger partial charge >= 0.3 is 0 Å². The van der Waals surface area contributed by atoms with Gasteiger partial charge in [0.15, 0.2) is 0 Å². The molecule has 1 fully saturated rings. The minimum Gasteiger partial charge on any atom is -0.361 e. The molecule has 2 atom stereocenters. The number of hydrogen-bond donors (Lipinski definition) is 2. The van der Waals surface area contributed by atoms with Crippen molar-refractivity contribution >= 4 is 11.8 Å². The van der Waals surface area contributed by atoms with E-state index in [2.05, 4.69) is 20.8 Å². The zero-order valence-electron chi connectivity index (χ0n) is 17.4. The summed E-state index contributed by atoms with van der Waals surface area (Å²) in [6.45, 7) is 3.39. The van der Waals surface area contributed by atoms with Gasteiger partial charge in [0.1, 0.15) is 17.3 Å². The second-order valence-corrected chi connectivity index (χ2v) is 7.79. The van der Waals surface area contributed by atoms with Gasteiger partial charge in [-0.15, -0.1) is 0 Å². The van der Waals surface area contributed by atoms with Crippen molar-refractivity contribution in [3.8, 4) is 0 Å². The standard InChI is InChI=1S/C20H30N6O3/c1-14-9-17(24-29-14)11-23-20(28)15-5-4-6-16(13-26(3)19(27)10-15)22-12-18-21-7-8-25(18)2/h7-9,15-16,22H,4-6,10-13H2,1-3H3,(H,23,28). The van der Waals surface area contributed by atoms with Crippen LogP contribution in [0.25, 0.3) is 0 Å². The first-order valence-electron chi connectivity index (χ1n) is 10.1. The molecule has 2 amide bonds. The summed E-state index contributed by atoms with van der Waals surface area (Å²) in [6.07, 6.45) is 6.38. The second-order valence-electron chi connectivity index (χ2n) is 7.79. The molecule has 1 saturated heterocycles. The van der Waals surface area contributed by atoms with Crippen molar-refractivity contribution in [2.45, 2.75) is 51.7 Å². The average molecular weight is 402 g/mol. The summed E-state index contributed by atoms with van der Waals surface area (Å²) < 4.78 is 7.00. The van der Waals surface area contributed by atoms with E-state index in [9.17, 15) is 9.59 Å². The number of hydrogen-bond acceptors (Lipinski definition) is 6. The molecule has 2 aromatic rings. The summed E-state index contributed by atoms with van der Waals surface area (Å²) in [5.41, 5.74) is 0.681. The Morgan fingerprint density at radius 2 is 2.14 bits per heavy atom. The van der Waals surface area contributed by atoms with Crippen LogP contribution in [0.1, 0.15) is 43.0 Å². The highest BCUT2D eigenvalue weighted by Gasteiger charge is 2.27. The van der Waals surface area contributed by atoms with Gasteiger partial charge in [0, 0.05) is 57.5 Å². The molecule has 0 bridgehead atoms. The maximum absolute atomic E-state index is 12.6. The highest BCUT2D eigenvalue weighted by atomic mass is 16.5. The van der Waals surface area contributed by atoms with Crippen LogP contribution >= 0.6 is 0 Å². The maximum Gasteiger partial charge on any atom is 0.223 e. The normalized spacial score (nSPS) is 20.8. The van der Waals surface area contributed by atoms with Crippen LogP contribution < -0.4 is 10.6 Å². The van der Waals surface area contributed by atoms with Crippen LogP contribution in [0.5, 0.6) is 0 Å². The van der Waals surface area contributed by atoms with E-state index in [0.29, 0.717) is 37.5 Å². The molecule has 0 radical (unpaired) electrons. The van der Waals surface area contributed by atoms with E-state index in [4.69, 9.17) is 4.52 Å². The molecule has 0 spiro atoms. The number of aromatic nitrogens is 3. The molecular weight excluding hydrogens is 372 g/mol. The molecule has 0 aromatic carbocycles. The monoisotopic (exact) mass is 402 g/mol. The van der Waals surface area contributed by atoms with Crippen LogP contribution in [0.4, 0.5) is 0 Å². The third-order valence-corrected chi connectivity index (χ3v) is 5.41. The third-order valence-electron chi connectivity index (χ3n) is 5.41. The van der Waals surface area contributed by atoms with Crippen LogP contribution in [0, 0.1) is 12.8 Å². The number of aryl methyl sites for hydroxylation is 2. The Kier molecular flexibility index (Phi) is 7.03. The van der Waals surface area contributed by atoms with Crippen molar-refractivity contribution in [1.29, 1.82) is 0 Å². The molecule has 29 heavy (non-hydrogen) atoms. The minimum atomic E-state index is -0.328. The smallest absolute Gasteiger partial charge is 0.223 e. The molecule has 0 saturated carbocycles. The fraction of sp³-hybridized carbons (Fsp3) is 0.600. The third kappa shape index (κ3) is 5.90. The molecule has 3 heterocycles. The van der Waals surface area contributed by atoms with Crippen LogP contribution in [-0.2, 0) is 29.7 Å². The maximum atomic E-state index is 12.6. The van der Waals surface area contributed by atoms with Gasteiger partial charge in [-0.25, -0.2) is 4.98 Å². The number of imidazole rings is 1. The first-order chi connectivity index (χ1) is 13.9. The summed E-state index contributed by atoms with van der Waals surface area (Å²) in [6, 6.07) is 1.96. The molecule has 9 nitrogen and oxygen atoms in total. The Morgan fingerprint density at radius 1 is 1.31 bits per heavy atom. The Bertz CT molecular complexity index is 830. The van der Waals surface area contributed by atoms with E-state index >= 15 is 0 Å². The highest BCUT2D eigenvalue weighted by molar-refractivity contribution is 5.85. The van der Waals surface area contributed by atoms with Crippen LogP contribution in [-0.4, -0.2) is 51.1 Å².